The highest BCUT2D eigenvalue weighted by molar-refractivity contribution is 7.80. The van der Waals surface area contributed by atoms with Crippen LogP contribution in [0.4, 0.5) is 0 Å². The molecule has 3 N–H and O–H groups in total. The van der Waals surface area contributed by atoms with Crippen LogP contribution < -0.4 is 5.73 Å². The van der Waals surface area contributed by atoms with Crippen LogP contribution in [0.5, 0.6) is 0 Å². The molecule has 0 aromatic heterocycles. The molecule has 0 rings (SSSR count). The average molecular weight is 202 g/mol. The van der Waals surface area contributed by atoms with Gasteiger partial charge in [-0.1, -0.05) is 0 Å². The molecule has 0 aliphatic rings. The lowest BCUT2D eigenvalue weighted by Crippen LogP contribution is -2.34. The zero-order chi connectivity index (χ0) is 7.98. The molecule has 0 spiro atoms. The van der Waals surface area contributed by atoms with Gasteiger partial charge in [-0.15, -0.1) is 12.4 Å². The van der Waals surface area contributed by atoms with Crippen LogP contribution in [0.2, 0.25) is 0 Å². The normalized spacial score (nSPS) is 11.5. The summed E-state index contributed by atoms with van der Waals surface area (Å²) in [5.74, 6) is -0.270. The molecule has 0 radical (unpaired) electrons. The van der Waals surface area contributed by atoms with E-state index in [1.165, 1.54) is 0 Å². The van der Waals surface area contributed by atoms with Gasteiger partial charge in [0, 0.05) is 5.75 Å². The quantitative estimate of drug-likeness (QED) is 0.412. The Balaban J connectivity index is 0. The molecule has 0 aliphatic heterocycles. The second kappa shape index (κ2) is 8.13. The van der Waals surface area contributed by atoms with E-state index in [4.69, 9.17) is 10.8 Å². The summed E-state index contributed by atoms with van der Waals surface area (Å²) in [4.78, 5) is 10.6. The first-order valence-electron chi connectivity index (χ1n) is 2.86. The molecule has 0 fully saturated rings. The van der Waals surface area contributed by atoms with Crippen LogP contribution in [0.3, 0.4) is 0 Å². The number of esters is 1. The molecule has 0 bridgehead atoms. The second-order valence-corrected chi connectivity index (χ2v) is 2.05. The van der Waals surface area contributed by atoms with E-state index in [0.717, 1.165) is 0 Å². The van der Waals surface area contributed by atoms with Crippen molar-refractivity contribution in [2.75, 3.05) is 19.0 Å². The van der Waals surface area contributed by atoms with Gasteiger partial charge >= 0.3 is 5.97 Å². The molecule has 0 unspecified atom stereocenters. The Hall–Kier alpha value is 0.0300. The third kappa shape index (κ3) is 6.43. The fourth-order valence-corrected chi connectivity index (χ4v) is 0.477. The SMILES string of the molecule is Cl.N[C@@H](CS)C(=O)OCCO. The molecule has 6 heteroatoms. The predicted molar refractivity (Wildman–Crippen MR) is 47.1 cm³/mol. The molecule has 0 saturated heterocycles. The number of aliphatic hydroxyl groups is 1. The Bertz CT molecular complexity index is 114. The summed E-state index contributed by atoms with van der Waals surface area (Å²) < 4.78 is 4.48. The van der Waals surface area contributed by atoms with Crippen LogP contribution in [0.15, 0.2) is 0 Å². The number of carbonyl (C=O) groups excluding carboxylic acids is 1. The Morgan fingerprint density at radius 1 is 1.73 bits per heavy atom. The highest BCUT2D eigenvalue weighted by Crippen LogP contribution is 1.87. The maximum atomic E-state index is 10.6. The Morgan fingerprint density at radius 2 is 2.27 bits per heavy atom. The Labute approximate surface area is 76.9 Å². The monoisotopic (exact) mass is 201 g/mol. The molecule has 11 heavy (non-hydrogen) atoms. The van der Waals surface area contributed by atoms with Crippen LogP contribution >= 0.6 is 25.0 Å². The topological polar surface area (TPSA) is 72.6 Å². The van der Waals surface area contributed by atoms with Crippen molar-refractivity contribution in [3.05, 3.63) is 0 Å². The smallest absolute Gasteiger partial charge is 0.323 e. The summed E-state index contributed by atoms with van der Waals surface area (Å²) in [5, 5.41) is 8.23. The lowest BCUT2D eigenvalue weighted by Gasteiger charge is -2.06. The van der Waals surface area contributed by atoms with Crippen molar-refractivity contribution < 1.29 is 14.6 Å². The molecular formula is C5H12ClNO3S. The van der Waals surface area contributed by atoms with Gasteiger partial charge in [0.2, 0.25) is 0 Å². The fourth-order valence-electron chi connectivity index (χ4n) is 0.328. The minimum Gasteiger partial charge on any atom is -0.462 e. The molecule has 0 aliphatic carbocycles. The lowest BCUT2D eigenvalue weighted by molar-refractivity contribution is -0.145. The zero-order valence-corrected chi connectivity index (χ0v) is 7.61. The summed E-state index contributed by atoms with van der Waals surface area (Å²) in [6.45, 7) is -0.175. The van der Waals surface area contributed by atoms with Crippen LogP contribution in [0, 0.1) is 0 Å². The van der Waals surface area contributed by atoms with Crippen molar-refractivity contribution in [3.63, 3.8) is 0 Å². The standard InChI is InChI=1S/C5H11NO3S.ClH/c6-4(3-10)5(8)9-2-1-7;/h4,7,10H,1-3,6H2;1H/t4-;/m0./s1. The number of halogens is 1. The molecule has 0 amide bonds. The van der Waals surface area contributed by atoms with Crippen molar-refractivity contribution in [1.29, 1.82) is 0 Å². The Kier molecular flexibility index (Phi) is 10.1. The van der Waals surface area contributed by atoms with Gasteiger partial charge in [-0.3, -0.25) is 4.79 Å². The number of ether oxygens (including phenoxy) is 1. The summed E-state index contributed by atoms with van der Waals surface area (Å²) in [6.07, 6.45) is 0. The highest BCUT2D eigenvalue weighted by atomic mass is 35.5. The molecule has 0 aromatic carbocycles. The largest absolute Gasteiger partial charge is 0.462 e. The predicted octanol–water partition coefficient (Wildman–Crippen LogP) is -0.799. The van der Waals surface area contributed by atoms with Crippen LogP contribution in [-0.4, -0.2) is 36.1 Å². The van der Waals surface area contributed by atoms with E-state index in [1.807, 2.05) is 0 Å². The van der Waals surface area contributed by atoms with Crippen molar-refractivity contribution in [2.24, 2.45) is 5.73 Å². The number of rotatable bonds is 4. The maximum Gasteiger partial charge on any atom is 0.323 e. The summed E-state index contributed by atoms with van der Waals surface area (Å²) in [6, 6.07) is -0.685. The lowest BCUT2D eigenvalue weighted by atomic mass is 10.4. The number of carbonyl (C=O) groups is 1. The first-order valence-corrected chi connectivity index (χ1v) is 3.49. The first kappa shape index (κ1) is 13.6. The summed E-state index contributed by atoms with van der Waals surface area (Å²) in [5.41, 5.74) is 5.22. The van der Waals surface area contributed by atoms with Crippen LogP contribution in [0.25, 0.3) is 0 Å². The Morgan fingerprint density at radius 3 is 2.64 bits per heavy atom. The van der Waals surface area contributed by atoms with E-state index >= 15 is 0 Å². The fraction of sp³-hybridized carbons (Fsp3) is 0.800. The average Bonchev–Trinajstić information content (AvgIpc) is 1.98. The molecule has 68 valence electrons. The molecule has 0 saturated carbocycles. The van der Waals surface area contributed by atoms with Gasteiger partial charge in [-0.05, 0) is 0 Å². The third-order valence-electron chi connectivity index (χ3n) is 0.835. The molecule has 4 nitrogen and oxygen atoms in total. The van der Waals surface area contributed by atoms with Gasteiger partial charge in [0.15, 0.2) is 0 Å². The van der Waals surface area contributed by atoms with Crippen molar-refractivity contribution >= 4 is 31.0 Å². The van der Waals surface area contributed by atoms with Gasteiger partial charge in [0.05, 0.1) is 6.61 Å². The number of nitrogens with two attached hydrogens (primary N) is 1. The minimum absolute atomic E-state index is 0. The van der Waals surface area contributed by atoms with Crippen molar-refractivity contribution in [1.82, 2.24) is 0 Å². The number of hydrogen-bond donors (Lipinski definition) is 3. The van der Waals surface area contributed by atoms with Gasteiger partial charge in [-0.25, -0.2) is 0 Å². The van der Waals surface area contributed by atoms with Crippen LogP contribution in [-0.2, 0) is 9.53 Å². The van der Waals surface area contributed by atoms with E-state index < -0.39 is 12.0 Å². The molecule has 0 heterocycles. The van der Waals surface area contributed by atoms with Gasteiger partial charge < -0.3 is 15.6 Å². The number of aliphatic hydroxyl groups excluding tert-OH is 1. The second-order valence-electron chi connectivity index (χ2n) is 1.68. The van der Waals surface area contributed by atoms with Crippen molar-refractivity contribution in [3.8, 4) is 0 Å². The van der Waals surface area contributed by atoms with Gasteiger partial charge in [0.25, 0.3) is 0 Å². The van der Waals surface area contributed by atoms with E-state index in [0.29, 0.717) is 0 Å². The summed E-state index contributed by atoms with van der Waals surface area (Å²) in [7, 11) is 0. The van der Waals surface area contributed by atoms with E-state index in [9.17, 15) is 4.79 Å². The maximum absolute atomic E-state index is 10.6. The highest BCUT2D eigenvalue weighted by Gasteiger charge is 2.11. The number of hydrogen-bond acceptors (Lipinski definition) is 5. The van der Waals surface area contributed by atoms with E-state index in [-0.39, 0.29) is 31.4 Å². The van der Waals surface area contributed by atoms with E-state index in [2.05, 4.69) is 17.4 Å². The van der Waals surface area contributed by atoms with Gasteiger partial charge in [0.1, 0.15) is 12.6 Å². The third-order valence-corrected chi connectivity index (χ3v) is 1.23. The molecule has 1 atom stereocenters. The van der Waals surface area contributed by atoms with Crippen molar-refractivity contribution in [2.45, 2.75) is 6.04 Å². The number of thiol groups is 1. The molecule has 0 aromatic rings. The van der Waals surface area contributed by atoms with E-state index in [1.54, 1.807) is 0 Å². The van der Waals surface area contributed by atoms with Crippen LogP contribution in [0.1, 0.15) is 0 Å². The first-order chi connectivity index (χ1) is 4.72. The van der Waals surface area contributed by atoms with Gasteiger partial charge in [-0.2, -0.15) is 12.6 Å². The minimum atomic E-state index is -0.685. The summed E-state index contributed by atoms with van der Waals surface area (Å²) >= 11 is 3.79. The zero-order valence-electron chi connectivity index (χ0n) is 5.90. The molecular weight excluding hydrogens is 190 g/mol.